The number of rotatable bonds is 4. The van der Waals surface area contributed by atoms with E-state index in [2.05, 4.69) is 0 Å². The fourth-order valence-corrected chi connectivity index (χ4v) is 9.25. The Kier molecular flexibility index (Phi) is 6.02. The molecule has 0 saturated heterocycles. The number of anilines is 2. The first-order valence-electron chi connectivity index (χ1n) is 13.1. The minimum atomic E-state index is -2.44. The maximum absolute atomic E-state index is 16.0. The quantitative estimate of drug-likeness (QED) is 0.223. The number of alkyl halides is 1. The summed E-state index contributed by atoms with van der Waals surface area (Å²) in [4.78, 5) is 13.5. The second kappa shape index (κ2) is 8.85. The van der Waals surface area contributed by atoms with Gasteiger partial charge in [0.25, 0.3) is 0 Å². The first kappa shape index (κ1) is 29.2. The van der Waals surface area contributed by atoms with E-state index >= 15 is 26.3 Å². The molecule has 14 heteroatoms. The first-order valence-corrected chi connectivity index (χ1v) is 13.1. The molecule has 2 aromatic carbocycles. The topological polar surface area (TPSA) is 104 Å². The molecule has 0 heterocycles. The highest BCUT2D eigenvalue weighted by Crippen LogP contribution is 2.83. The van der Waals surface area contributed by atoms with Crippen LogP contribution in [0.3, 0.4) is 0 Å². The van der Waals surface area contributed by atoms with Gasteiger partial charge in [0.05, 0.1) is 24.1 Å². The Labute approximate surface area is 238 Å². The third-order valence-corrected chi connectivity index (χ3v) is 10.3. The van der Waals surface area contributed by atoms with Crippen molar-refractivity contribution in [1.82, 2.24) is 0 Å². The number of hydrogen-bond acceptors (Lipinski definition) is 5. The maximum atomic E-state index is 16.0. The van der Waals surface area contributed by atoms with Gasteiger partial charge < -0.3 is 21.9 Å². The van der Waals surface area contributed by atoms with E-state index in [1.165, 1.54) is 0 Å². The number of hydrogen-bond donors (Lipinski definition) is 3. The molecule has 0 aliphatic heterocycles. The molecule has 5 aliphatic rings. The molecule has 4 saturated carbocycles. The van der Waals surface area contributed by atoms with Gasteiger partial charge in [-0.25, -0.2) is 39.5 Å². The molecule has 0 aromatic heterocycles. The van der Waals surface area contributed by atoms with E-state index in [-0.39, 0.29) is 12.1 Å². The number of halogens is 9. The van der Waals surface area contributed by atoms with E-state index in [1.54, 1.807) is 0 Å². The van der Waals surface area contributed by atoms with Gasteiger partial charge in [-0.2, -0.15) is 0 Å². The van der Waals surface area contributed by atoms with Crippen molar-refractivity contribution in [3.8, 4) is 0 Å². The lowest BCUT2D eigenvalue weighted by molar-refractivity contribution is -0.160. The highest BCUT2D eigenvalue weighted by atomic mass is 19.2. The van der Waals surface area contributed by atoms with Crippen LogP contribution in [0.1, 0.15) is 43.2 Å². The SMILES string of the molecule is COC(=O)C12CC3(C4C(F)=C(N)C(F)=CC4F)CC(c4c(F)cc(F)c(N)c4F)(C1)[C@](c1c(F)cc(F)c(N)c1F)(C2)C3. The van der Waals surface area contributed by atoms with E-state index in [4.69, 9.17) is 21.9 Å². The summed E-state index contributed by atoms with van der Waals surface area (Å²) in [5.74, 6) is -15.3. The van der Waals surface area contributed by atoms with Gasteiger partial charge in [-0.05, 0) is 43.6 Å². The largest absolute Gasteiger partial charge is 0.469 e. The molecule has 6 atom stereocenters. The zero-order valence-corrected chi connectivity index (χ0v) is 22.4. The summed E-state index contributed by atoms with van der Waals surface area (Å²) in [7, 11) is 0.972. The zero-order valence-electron chi connectivity index (χ0n) is 22.4. The van der Waals surface area contributed by atoms with Crippen LogP contribution in [0.25, 0.3) is 0 Å². The second-order valence-corrected chi connectivity index (χ2v) is 12.3. The molecule has 5 unspecified atom stereocenters. The molecule has 4 bridgehead atoms. The van der Waals surface area contributed by atoms with Crippen LogP contribution in [0.2, 0.25) is 0 Å². The molecule has 0 spiro atoms. The van der Waals surface area contributed by atoms with Crippen LogP contribution < -0.4 is 17.2 Å². The molecule has 7 rings (SSSR count). The van der Waals surface area contributed by atoms with Gasteiger partial charge in [0.1, 0.15) is 40.8 Å². The highest BCUT2D eigenvalue weighted by molar-refractivity contribution is 5.80. The molecule has 0 radical (unpaired) electrons. The summed E-state index contributed by atoms with van der Waals surface area (Å²) in [6, 6.07) is 0.488. The summed E-state index contributed by atoms with van der Waals surface area (Å²) in [5.41, 5.74) is 3.10. The van der Waals surface area contributed by atoms with Gasteiger partial charge in [-0.1, -0.05) is 0 Å². The number of nitrogen functional groups attached to an aromatic ring is 2. The number of ether oxygens (including phenoxy) is 1. The van der Waals surface area contributed by atoms with Crippen molar-refractivity contribution in [1.29, 1.82) is 0 Å². The van der Waals surface area contributed by atoms with Gasteiger partial charge in [0, 0.05) is 34.1 Å². The number of carbonyl (C=O) groups excluding carboxylic acids is 1. The van der Waals surface area contributed by atoms with Gasteiger partial charge >= 0.3 is 5.97 Å². The van der Waals surface area contributed by atoms with Crippen molar-refractivity contribution in [2.24, 2.45) is 22.5 Å². The smallest absolute Gasteiger partial charge is 0.311 e. The summed E-state index contributed by atoms with van der Waals surface area (Å²) in [6.07, 6.45) is -4.92. The van der Waals surface area contributed by atoms with Crippen molar-refractivity contribution >= 4 is 17.3 Å². The summed E-state index contributed by atoms with van der Waals surface area (Å²) < 4.78 is 143. The average molecular weight is 618 g/mol. The summed E-state index contributed by atoms with van der Waals surface area (Å²) in [5, 5.41) is 0. The number of nitrogens with two attached hydrogens (primary N) is 3. The fraction of sp³-hybridized carbons (Fsp3) is 0.414. The van der Waals surface area contributed by atoms with E-state index < -0.39 is 147 Å². The number of benzene rings is 2. The van der Waals surface area contributed by atoms with Gasteiger partial charge in [-0.15, -0.1) is 0 Å². The molecular formula is C29H24F9N3O2. The van der Waals surface area contributed by atoms with Gasteiger partial charge in [-0.3, -0.25) is 4.79 Å². The molecule has 230 valence electrons. The zero-order chi connectivity index (χ0) is 31.6. The molecule has 5 aliphatic carbocycles. The van der Waals surface area contributed by atoms with Crippen molar-refractivity contribution in [2.45, 2.75) is 49.1 Å². The Morgan fingerprint density at radius 3 is 1.67 bits per heavy atom. The van der Waals surface area contributed by atoms with E-state index in [0.29, 0.717) is 6.08 Å². The Morgan fingerprint density at radius 1 is 0.767 bits per heavy atom. The summed E-state index contributed by atoms with van der Waals surface area (Å²) >= 11 is 0. The van der Waals surface area contributed by atoms with Crippen molar-refractivity contribution in [3.05, 3.63) is 81.6 Å². The van der Waals surface area contributed by atoms with Crippen LogP contribution in [0, 0.1) is 51.7 Å². The standard InChI is InChI=1S/C29H24F9N3O2/c1-43-25(42)27-5-26(16-10(30)2-13(33)22(39)19(16)36)6-28(8-27,17-11(31)3-14(34)23(40)20(17)37)29(7-26,9-27)18-12(32)4-15(35)24(41)21(18)38/h2-4,10,16H,5-9,39-41H2,1H3/t10?,16?,26?,27?,28-,29?/m0/s1. The number of allylic oxidation sites excluding steroid dienone is 3. The van der Waals surface area contributed by atoms with Crippen molar-refractivity contribution in [3.63, 3.8) is 0 Å². The Balaban J connectivity index is 1.76. The molecule has 6 N–H and O–H groups in total. The lowest BCUT2D eigenvalue weighted by Gasteiger charge is -2.51. The van der Waals surface area contributed by atoms with Crippen LogP contribution in [-0.4, -0.2) is 19.3 Å². The third-order valence-electron chi connectivity index (χ3n) is 10.3. The molecular weight excluding hydrogens is 593 g/mol. The Bertz CT molecular complexity index is 1610. The molecule has 5 nitrogen and oxygen atoms in total. The maximum Gasteiger partial charge on any atom is 0.311 e. The van der Waals surface area contributed by atoms with E-state index in [1.807, 2.05) is 0 Å². The number of esters is 1. The predicted octanol–water partition coefficient (Wildman–Crippen LogP) is 5.96. The fourth-order valence-electron chi connectivity index (χ4n) is 9.25. The minimum Gasteiger partial charge on any atom is -0.469 e. The van der Waals surface area contributed by atoms with Crippen molar-refractivity contribution < 1.29 is 49.0 Å². The monoisotopic (exact) mass is 617 g/mol. The average Bonchev–Trinajstić information content (AvgIpc) is 3.24. The van der Waals surface area contributed by atoms with Gasteiger partial charge in [0.2, 0.25) is 0 Å². The lowest BCUT2D eigenvalue weighted by atomic mass is 9.53. The lowest BCUT2D eigenvalue weighted by Crippen LogP contribution is -2.50. The summed E-state index contributed by atoms with van der Waals surface area (Å²) in [6.45, 7) is 0. The normalized spacial score (nSPS) is 34.6. The van der Waals surface area contributed by atoms with E-state index in [9.17, 15) is 18.0 Å². The molecule has 4 fully saturated rings. The Hall–Kier alpha value is -3.84. The van der Waals surface area contributed by atoms with Crippen LogP contribution >= 0.6 is 0 Å². The van der Waals surface area contributed by atoms with Crippen LogP contribution in [0.4, 0.5) is 50.9 Å². The van der Waals surface area contributed by atoms with Crippen molar-refractivity contribution in [2.75, 3.05) is 18.6 Å². The van der Waals surface area contributed by atoms with Crippen LogP contribution in [0.15, 0.2) is 35.6 Å². The number of carbonyl (C=O) groups is 1. The first-order chi connectivity index (χ1) is 20.0. The minimum absolute atomic E-state index is 0.244. The predicted molar refractivity (Wildman–Crippen MR) is 135 cm³/mol. The third kappa shape index (κ3) is 3.40. The number of methoxy groups -OCH3 is 1. The highest BCUT2D eigenvalue weighted by Gasteiger charge is 2.82. The molecule has 2 aromatic rings. The van der Waals surface area contributed by atoms with E-state index in [0.717, 1.165) is 7.11 Å². The molecule has 43 heavy (non-hydrogen) atoms. The van der Waals surface area contributed by atoms with Gasteiger partial charge in [0.15, 0.2) is 23.3 Å². The molecule has 0 amide bonds. The Morgan fingerprint density at radius 2 is 1.23 bits per heavy atom. The van der Waals surface area contributed by atoms with Crippen LogP contribution in [0.5, 0.6) is 0 Å². The van der Waals surface area contributed by atoms with Crippen LogP contribution in [-0.2, 0) is 20.4 Å². The second-order valence-electron chi connectivity index (χ2n) is 12.3.